The molecule has 35 heavy (non-hydrogen) atoms. The third-order valence-corrected chi connectivity index (χ3v) is 7.38. The fourth-order valence-electron chi connectivity index (χ4n) is 6.01. The lowest BCUT2D eigenvalue weighted by Crippen LogP contribution is -2.67. The van der Waals surface area contributed by atoms with Gasteiger partial charge in [0.25, 0.3) is 10.1 Å². The molecular weight excluding hydrogens is 498 g/mol. The molecule has 0 radical (unpaired) electrons. The van der Waals surface area contributed by atoms with Crippen molar-refractivity contribution in [2.24, 2.45) is 11.3 Å². The Morgan fingerprint density at radius 2 is 1.60 bits per heavy atom. The van der Waals surface area contributed by atoms with Gasteiger partial charge in [0, 0.05) is 20.0 Å². The topological polar surface area (TPSA) is 155 Å². The second kappa shape index (κ2) is 10.5. The third-order valence-electron chi connectivity index (χ3n) is 6.66. The Kier molecular flexibility index (Phi) is 8.44. The summed E-state index contributed by atoms with van der Waals surface area (Å²) in [5.74, 6) is -9.63. The van der Waals surface area contributed by atoms with Crippen LogP contribution in [0.1, 0.15) is 38.5 Å². The zero-order valence-electron chi connectivity index (χ0n) is 19.5. The van der Waals surface area contributed by atoms with Crippen LogP contribution in [0.4, 0.5) is 8.78 Å². The van der Waals surface area contributed by atoms with Gasteiger partial charge in [0.05, 0.1) is 44.1 Å². The van der Waals surface area contributed by atoms with Crippen molar-refractivity contribution in [2.75, 3.05) is 52.5 Å². The highest BCUT2D eigenvalue weighted by molar-refractivity contribution is 7.85. The number of carbonyl (C=O) groups excluding carboxylic acids is 2. The molecule has 4 rings (SSSR count). The molecule has 0 aromatic carbocycles. The monoisotopic (exact) mass is 530 g/mol. The van der Waals surface area contributed by atoms with Crippen molar-refractivity contribution in [1.82, 2.24) is 0 Å². The smallest absolute Gasteiger partial charge is 0.378 e. The summed E-state index contributed by atoms with van der Waals surface area (Å²) in [5, 5.41) is 11.0. The first-order chi connectivity index (χ1) is 16.2. The number of halogens is 2. The molecule has 0 heterocycles. The number of hydrogen-bond donors (Lipinski definition) is 2. The van der Waals surface area contributed by atoms with Crippen molar-refractivity contribution < 1.29 is 60.1 Å². The fourth-order valence-corrected chi connectivity index (χ4v) is 6.59. The lowest BCUT2D eigenvalue weighted by Gasteiger charge is -2.62. The molecule has 0 aliphatic heterocycles. The number of ether oxygens (including phenoxy) is 5. The van der Waals surface area contributed by atoms with Gasteiger partial charge >= 0.3 is 17.9 Å². The van der Waals surface area contributed by atoms with E-state index in [9.17, 15) is 31.9 Å². The molecule has 4 aliphatic carbocycles. The van der Waals surface area contributed by atoms with Crippen molar-refractivity contribution in [3.8, 4) is 0 Å². The van der Waals surface area contributed by atoms with Crippen LogP contribution in [-0.2, 0) is 43.4 Å². The highest BCUT2D eigenvalue weighted by atomic mass is 32.2. The van der Waals surface area contributed by atoms with Crippen LogP contribution in [0.5, 0.6) is 0 Å². The maximum absolute atomic E-state index is 14.1. The summed E-state index contributed by atoms with van der Waals surface area (Å²) >= 11 is 0. The summed E-state index contributed by atoms with van der Waals surface area (Å²) in [6.45, 7) is 1.54. The van der Waals surface area contributed by atoms with Gasteiger partial charge in [-0.1, -0.05) is 0 Å². The fraction of sp³-hybridized carbons (Fsp3) is 0.905. The minimum absolute atomic E-state index is 0.0459. The van der Waals surface area contributed by atoms with Gasteiger partial charge in [0.2, 0.25) is 0 Å². The van der Waals surface area contributed by atoms with Gasteiger partial charge in [-0.05, 0) is 31.6 Å². The van der Waals surface area contributed by atoms with E-state index in [1.165, 1.54) is 0 Å². The molecule has 11 nitrogen and oxygen atoms in total. The summed E-state index contributed by atoms with van der Waals surface area (Å²) in [6, 6.07) is 0. The second-order valence-electron chi connectivity index (χ2n) is 9.87. The van der Waals surface area contributed by atoms with E-state index in [2.05, 4.69) is 0 Å². The number of carbonyl (C=O) groups is 2. The average molecular weight is 531 g/mol. The minimum Gasteiger partial charge on any atom is -0.463 e. The summed E-state index contributed by atoms with van der Waals surface area (Å²) < 4.78 is 84.6. The number of aliphatic hydroxyl groups is 1. The van der Waals surface area contributed by atoms with Gasteiger partial charge in [-0.2, -0.15) is 17.2 Å². The van der Waals surface area contributed by atoms with E-state index in [1.807, 2.05) is 0 Å². The molecule has 0 saturated heterocycles. The highest BCUT2D eigenvalue weighted by Crippen LogP contribution is 2.64. The summed E-state index contributed by atoms with van der Waals surface area (Å²) in [7, 11) is -3.60. The van der Waals surface area contributed by atoms with E-state index in [1.54, 1.807) is 7.11 Å². The Morgan fingerprint density at radius 3 is 2.20 bits per heavy atom. The Morgan fingerprint density at radius 1 is 0.971 bits per heavy atom. The van der Waals surface area contributed by atoms with Crippen LogP contribution >= 0.6 is 0 Å². The molecule has 202 valence electrons. The molecule has 4 fully saturated rings. The molecule has 4 unspecified atom stereocenters. The largest absolute Gasteiger partial charge is 0.463 e. The lowest BCUT2D eigenvalue weighted by molar-refractivity contribution is -0.254. The molecular formula is C21H32F2O11S. The van der Waals surface area contributed by atoms with Crippen LogP contribution in [0.15, 0.2) is 0 Å². The van der Waals surface area contributed by atoms with Gasteiger partial charge in [-0.25, -0.2) is 4.79 Å². The van der Waals surface area contributed by atoms with Gasteiger partial charge in [0.1, 0.15) is 12.2 Å². The number of alkyl halides is 2. The Balaban J connectivity index is 1.59. The molecule has 0 aromatic heterocycles. The number of hydrogen-bond acceptors (Lipinski definition) is 10. The van der Waals surface area contributed by atoms with Gasteiger partial charge in [-0.3, -0.25) is 9.35 Å². The van der Waals surface area contributed by atoms with E-state index in [-0.39, 0.29) is 51.4 Å². The predicted octanol–water partition coefficient (Wildman–Crippen LogP) is 0.729. The number of esters is 2. The van der Waals surface area contributed by atoms with E-state index in [0.717, 1.165) is 0 Å². The summed E-state index contributed by atoms with van der Waals surface area (Å²) in [5.41, 5.74) is -4.20. The van der Waals surface area contributed by atoms with Crippen LogP contribution in [0.25, 0.3) is 0 Å². The van der Waals surface area contributed by atoms with Crippen LogP contribution < -0.4 is 0 Å². The van der Waals surface area contributed by atoms with E-state index in [4.69, 9.17) is 28.2 Å². The highest BCUT2D eigenvalue weighted by Gasteiger charge is 2.68. The van der Waals surface area contributed by atoms with Gasteiger partial charge < -0.3 is 28.8 Å². The van der Waals surface area contributed by atoms with Crippen molar-refractivity contribution >= 4 is 22.1 Å². The predicted molar refractivity (Wildman–Crippen MR) is 113 cm³/mol. The molecule has 0 amide bonds. The molecule has 14 heteroatoms. The maximum atomic E-state index is 14.1. The number of rotatable bonds is 14. The molecule has 4 aliphatic rings. The Labute approximate surface area is 202 Å². The summed E-state index contributed by atoms with van der Waals surface area (Å²) in [6.07, 6.45) is 0.609. The third kappa shape index (κ3) is 7.07. The first-order valence-electron chi connectivity index (χ1n) is 11.3. The standard InChI is InChI=1S/C21H32F2O11S/c1-30-2-3-31-4-5-32-6-7-33-16(24)18-8-15-9-19(26,11-18)13-20(10-15,12-18)34-17(25)21(22,23)14-35(27,28)29/h15,26H,2-14H2,1H3,(H,27,28,29). The normalized spacial score (nSPS) is 32.0. The van der Waals surface area contributed by atoms with E-state index >= 15 is 0 Å². The van der Waals surface area contributed by atoms with Crippen molar-refractivity contribution in [2.45, 2.75) is 55.6 Å². The van der Waals surface area contributed by atoms with Crippen molar-refractivity contribution in [3.63, 3.8) is 0 Å². The minimum atomic E-state index is -5.15. The summed E-state index contributed by atoms with van der Waals surface area (Å²) in [4.78, 5) is 25.2. The average Bonchev–Trinajstić information content (AvgIpc) is 2.68. The molecule has 2 N–H and O–H groups in total. The molecule has 0 spiro atoms. The first-order valence-corrected chi connectivity index (χ1v) is 12.9. The second-order valence-corrected chi connectivity index (χ2v) is 11.3. The Bertz CT molecular complexity index is 898. The number of methoxy groups -OCH3 is 1. The van der Waals surface area contributed by atoms with Crippen LogP contribution in [0, 0.1) is 11.3 Å². The maximum Gasteiger partial charge on any atom is 0.378 e. The van der Waals surface area contributed by atoms with E-state index < -0.39 is 50.3 Å². The zero-order chi connectivity index (χ0) is 26.0. The quantitative estimate of drug-likeness (QED) is 0.185. The van der Waals surface area contributed by atoms with Crippen molar-refractivity contribution in [3.05, 3.63) is 0 Å². The first kappa shape index (κ1) is 28.1. The van der Waals surface area contributed by atoms with Gasteiger partial charge in [0.15, 0.2) is 5.75 Å². The molecule has 0 aromatic rings. The van der Waals surface area contributed by atoms with E-state index in [0.29, 0.717) is 32.7 Å². The Hall–Kier alpha value is -1.45. The SMILES string of the molecule is COCCOCCOCCOC(=O)C12CC3CC(O)(CC(OC(=O)C(F)(F)CS(=O)(=O)O)(C3)C1)C2. The van der Waals surface area contributed by atoms with Gasteiger partial charge in [-0.15, -0.1) is 0 Å². The van der Waals surface area contributed by atoms with Crippen LogP contribution in [0.2, 0.25) is 0 Å². The zero-order valence-corrected chi connectivity index (χ0v) is 20.3. The van der Waals surface area contributed by atoms with Crippen LogP contribution in [-0.4, -0.2) is 99.6 Å². The molecule has 4 saturated carbocycles. The molecule has 4 bridgehead atoms. The lowest BCUT2D eigenvalue weighted by atomic mass is 9.46. The molecule has 4 atom stereocenters. The van der Waals surface area contributed by atoms with Crippen LogP contribution in [0.3, 0.4) is 0 Å². The van der Waals surface area contributed by atoms with Crippen molar-refractivity contribution in [1.29, 1.82) is 0 Å².